The Bertz CT molecular complexity index is 1350. The summed E-state index contributed by atoms with van der Waals surface area (Å²) in [6.45, 7) is 0. The van der Waals surface area contributed by atoms with Crippen LogP contribution in [0.15, 0.2) is 23.3 Å². The number of aromatic amines is 1. The molecule has 0 aliphatic carbocycles. The molecule has 0 saturated heterocycles. The highest BCUT2D eigenvalue weighted by Gasteiger charge is 2.27. The Labute approximate surface area is 156 Å². The van der Waals surface area contributed by atoms with Gasteiger partial charge in [0, 0.05) is 5.39 Å². The molecule has 0 aliphatic heterocycles. The van der Waals surface area contributed by atoms with Crippen LogP contribution < -0.4 is 5.43 Å². The third-order valence-electron chi connectivity index (χ3n) is 4.55. The van der Waals surface area contributed by atoms with Gasteiger partial charge in [0.1, 0.15) is 23.2 Å². The normalized spacial score (nSPS) is 11.2. The molecule has 4 aromatic rings. The lowest BCUT2D eigenvalue weighted by atomic mass is 10.0. The van der Waals surface area contributed by atoms with Crippen molar-refractivity contribution < 1.29 is 28.6 Å². The van der Waals surface area contributed by atoms with E-state index in [1.165, 1.54) is 44.2 Å². The smallest absolute Gasteiger partial charge is 0.355 e. The van der Waals surface area contributed by atoms with E-state index in [0.29, 0.717) is 0 Å². The van der Waals surface area contributed by atoms with Crippen LogP contribution in [0.4, 0.5) is 0 Å². The van der Waals surface area contributed by atoms with Crippen LogP contribution in [-0.2, 0) is 14.2 Å². The van der Waals surface area contributed by atoms with Gasteiger partial charge in [-0.1, -0.05) is 0 Å². The largest absolute Gasteiger partial charge is 0.465 e. The van der Waals surface area contributed by atoms with Gasteiger partial charge in [0.25, 0.3) is 0 Å². The number of aromatic nitrogens is 3. The summed E-state index contributed by atoms with van der Waals surface area (Å²) in [5, 5.41) is 0.446. The van der Waals surface area contributed by atoms with E-state index in [4.69, 9.17) is 9.47 Å². The van der Waals surface area contributed by atoms with Gasteiger partial charge in [-0.2, -0.15) is 0 Å². The molecular weight excluding hydrogens is 370 g/mol. The van der Waals surface area contributed by atoms with E-state index in [2.05, 4.69) is 14.7 Å². The van der Waals surface area contributed by atoms with Gasteiger partial charge >= 0.3 is 17.9 Å². The summed E-state index contributed by atoms with van der Waals surface area (Å²) in [6, 6.07) is 2.64. The second kappa shape index (κ2) is 6.05. The number of H-pyrrole nitrogens is 1. The Morgan fingerprint density at radius 2 is 1.68 bits per heavy atom. The van der Waals surface area contributed by atoms with Crippen LogP contribution in [0.2, 0.25) is 0 Å². The second-order valence-corrected chi connectivity index (χ2v) is 5.91. The number of rotatable bonds is 3. The predicted molar refractivity (Wildman–Crippen MR) is 96.0 cm³/mol. The molecule has 10 nitrogen and oxygen atoms in total. The zero-order valence-electron chi connectivity index (χ0n) is 15.0. The fourth-order valence-electron chi connectivity index (χ4n) is 3.31. The number of methoxy groups -OCH3 is 3. The van der Waals surface area contributed by atoms with E-state index >= 15 is 0 Å². The predicted octanol–water partition coefficient (Wildman–Crippen LogP) is 1.13. The first-order valence-electron chi connectivity index (χ1n) is 8.00. The molecule has 0 spiro atoms. The summed E-state index contributed by atoms with van der Waals surface area (Å²) < 4.78 is 15.7. The molecule has 1 N–H and O–H groups in total. The number of pyridine rings is 1. The fraction of sp³-hybridized carbons (Fsp3) is 0.167. The van der Waals surface area contributed by atoms with Crippen molar-refractivity contribution in [1.82, 2.24) is 14.4 Å². The SMILES string of the molecule is COC(=O)c1cc2c(=O)c3ncn4c(C(=O)OC)cc(C(=O)OC)c(c2[nH]1)c34. The fourth-order valence-corrected chi connectivity index (χ4v) is 3.31. The number of nitrogens with one attached hydrogen (secondary N) is 1. The molecule has 0 radical (unpaired) electrons. The molecule has 0 bridgehead atoms. The number of hydrogen-bond donors (Lipinski definition) is 1. The van der Waals surface area contributed by atoms with Crippen LogP contribution in [0, 0.1) is 0 Å². The zero-order chi connectivity index (χ0) is 20.2. The molecule has 0 fully saturated rings. The summed E-state index contributed by atoms with van der Waals surface area (Å²) in [6.07, 6.45) is 1.30. The van der Waals surface area contributed by atoms with E-state index in [-0.39, 0.29) is 44.3 Å². The molecule has 1 aromatic carbocycles. The minimum Gasteiger partial charge on any atom is -0.465 e. The van der Waals surface area contributed by atoms with Gasteiger partial charge in [0.05, 0.1) is 43.3 Å². The number of benzene rings is 1. The first-order valence-corrected chi connectivity index (χ1v) is 8.00. The monoisotopic (exact) mass is 383 g/mol. The van der Waals surface area contributed by atoms with E-state index in [1.807, 2.05) is 0 Å². The topological polar surface area (TPSA) is 129 Å². The van der Waals surface area contributed by atoms with E-state index < -0.39 is 23.3 Å². The van der Waals surface area contributed by atoms with E-state index in [0.717, 1.165) is 0 Å². The van der Waals surface area contributed by atoms with Gasteiger partial charge in [-0.05, 0) is 12.1 Å². The van der Waals surface area contributed by atoms with Crippen molar-refractivity contribution in [3.63, 3.8) is 0 Å². The number of ether oxygens (including phenoxy) is 3. The van der Waals surface area contributed by atoms with Crippen LogP contribution in [0.1, 0.15) is 31.3 Å². The molecule has 0 aliphatic rings. The van der Waals surface area contributed by atoms with Gasteiger partial charge in [0.15, 0.2) is 0 Å². The quantitative estimate of drug-likeness (QED) is 0.412. The van der Waals surface area contributed by atoms with E-state index in [9.17, 15) is 19.2 Å². The maximum absolute atomic E-state index is 12.9. The number of imidazole rings is 1. The molecule has 0 unspecified atom stereocenters. The lowest BCUT2D eigenvalue weighted by Crippen LogP contribution is -2.13. The standard InChI is InChI=1S/C18H13N3O7/c1-26-16(23)7-5-10(18(25)28-3)21-6-19-13-14(21)11(7)12-8(15(13)22)4-9(20-12)17(24)27-2/h4-6,20H,1-3H3. The molecule has 10 heteroatoms. The number of hydrogen-bond acceptors (Lipinski definition) is 8. The Morgan fingerprint density at radius 1 is 1.00 bits per heavy atom. The zero-order valence-corrected chi connectivity index (χ0v) is 15.0. The molecule has 0 amide bonds. The van der Waals surface area contributed by atoms with Gasteiger partial charge in [-0.3, -0.25) is 9.20 Å². The van der Waals surface area contributed by atoms with Gasteiger partial charge in [-0.25, -0.2) is 19.4 Å². The minimum absolute atomic E-state index is 0.00334. The van der Waals surface area contributed by atoms with Crippen molar-refractivity contribution in [1.29, 1.82) is 0 Å². The van der Waals surface area contributed by atoms with Crippen molar-refractivity contribution in [3.8, 4) is 0 Å². The lowest BCUT2D eigenvalue weighted by molar-refractivity contribution is 0.0582. The number of esters is 3. The highest BCUT2D eigenvalue weighted by atomic mass is 16.5. The third kappa shape index (κ3) is 2.17. The molecule has 28 heavy (non-hydrogen) atoms. The van der Waals surface area contributed by atoms with Gasteiger partial charge < -0.3 is 19.2 Å². The second-order valence-electron chi connectivity index (χ2n) is 5.91. The molecule has 142 valence electrons. The first-order chi connectivity index (χ1) is 13.4. The Hall–Kier alpha value is -3.95. The number of carbonyl (C=O) groups excluding carboxylic acids is 3. The summed E-state index contributed by atoms with van der Waals surface area (Å²) in [7, 11) is 3.59. The summed E-state index contributed by atoms with van der Waals surface area (Å²) in [4.78, 5) is 56.4. The van der Waals surface area contributed by atoms with E-state index in [1.54, 1.807) is 0 Å². The lowest BCUT2D eigenvalue weighted by Gasteiger charge is -2.11. The Morgan fingerprint density at radius 3 is 2.32 bits per heavy atom. The third-order valence-corrected chi connectivity index (χ3v) is 4.55. The van der Waals surface area contributed by atoms with Crippen LogP contribution in [0.5, 0.6) is 0 Å². The average molecular weight is 383 g/mol. The van der Waals surface area contributed by atoms with Crippen LogP contribution in [0.25, 0.3) is 27.3 Å². The van der Waals surface area contributed by atoms with Crippen molar-refractivity contribution in [2.24, 2.45) is 0 Å². The van der Waals surface area contributed by atoms with Crippen LogP contribution >= 0.6 is 0 Å². The maximum Gasteiger partial charge on any atom is 0.355 e. The highest BCUT2D eigenvalue weighted by Crippen LogP contribution is 2.31. The number of fused-ring (bicyclic) bond motifs is 2. The average Bonchev–Trinajstić information content (AvgIpc) is 3.35. The molecule has 3 heterocycles. The Balaban J connectivity index is 2.27. The number of nitrogens with zero attached hydrogens (tertiary/aromatic N) is 2. The minimum atomic E-state index is -0.732. The molecular formula is C18H13N3O7. The maximum atomic E-state index is 12.9. The first kappa shape index (κ1) is 17.5. The van der Waals surface area contributed by atoms with Gasteiger partial charge in [-0.15, -0.1) is 0 Å². The van der Waals surface area contributed by atoms with Crippen molar-refractivity contribution in [2.75, 3.05) is 21.3 Å². The van der Waals surface area contributed by atoms with Crippen molar-refractivity contribution in [3.05, 3.63) is 45.6 Å². The number of carbonyl (C=O) groups is 3. The van der Waals surface area contributed by atoms with Crippen LogP contribution in [-0.4, -0.2) is 53.6 Å². The summed E-state index contributed by atoms with van der Waals surface area (Å²) >= 11 is 0. The van der Waals surface area contributed by atoms with Crippen molar-refractivity contribution >= 4 is 45.2 Å². The van der Waals surface area contributed by atoms with Crippen LogP contribution in [0.3, 0.4) is 0 Å². The summed E-state index contributed by atoms with van der Waals surface area (Å²) in [5.41, 5.74) is 0.0971. The highest BCUT2D eigenvalue weighted by molar-refractivity contribution is 6.20. The molecule has 3 aromatic heterocycles. The molecule has 0 saturated carbocycles. The van der Waals surface area contributed by atoms with Gasteiger partial charge in [0.2, 0.25) is 5.43 Å². The summed E-state index contributed by atoms with van der Waals surface area (Å²) in [5.74, 6) is -2.13. The molecule has 4 rings (SSSR count). The van der Waals surface area contributed by atoms with Crippen molar-refractivity contribution in [2.45, 2.75) is 0 Å². The Kier molecular flexibility index (Phi) is 3.77. The molecule has 0 atom stereocenters.